The van der Waals surface area contributed by atoms with Crippen molar-refractivity contribution >= 4 is 27.3 Å². The molecule has 0 saturated heterocycles. The standard InChI is InChI=1S/C12H13BrN2S/c13-12-2-1-11(16-12)8-10(14)7-9-3-5-15-6-4-9/h1-6,10H,7-8,14H2. The normalized spacial score (nSPS) is 12.6. The highest BCUT2D eigenvalue weighted by Gasteiger charge is 2.07. The van der Waals surface area contributed by atoms with Gasteiger partial charge in [0, 0.05) is 23.3 Å². The van der Waals surface area contributed by atoms with Crippen molar-refractivity contribution in [2.45, 2.75) is 18.9 Å². The Balaban J connectivity index is 1.92. The van der Waals surface area contributed by atoms with Crippen LogP contribution >= 0.6 is 27.3 Å². The Hall–Kier alpha value is -0.710. The van der Waals surface area contributed by atoms with E-state index in [1.807, 2.05) is 24.5 Å². The highest BCUT2D eigenvalue weighted by molar-refractivity contribution is 9.11. The van der Waals surface area contributed by atoms with E-state index in [0.29, 0.717) is 0 Å². The van der Waals surface area contributed by atoms with E-state index >= 15 is 0 Å². The third-order valence-corrected chi connectivity index (χ3v) is 3.99. The van der Waals surface area contributed by atoms with Crippen molar-refractivity contribution in [3.05, 3.63) is 50.9 Å². The van der Waals surface area contributed by atoms with E-state index in [1.54, 1.807) is 11.3 Å². The molecule has 2 aromatic rings. The number of thiophene rings is 1. The van der Waals surface area contributed by atoms with Gasteiger partial charge in [-0.05, 0) is 58.6 Å². The minimum atomic E-state index is 0.174. The second-order valence-corrected chi connectivity index (χ2v) is 6.28. The lowest BCUT2D eigenvalue weighted by Crippen LogP contribution is -2.25. The van der Waals surface area contributed by atoms with Crippen molar-refractivity contribution in [3.8, 4) is 0 Å². The molecule has 2 heterocycles. The smallest absolute Gasteiger partial charge is 0.0701 e. The predicted octanol–water partition coefficient (Wildman–Crippen LogP) is 3.02. The first-order valence-corrected chi connectivity index (χ1v) is 6.73. The lowest BCUT2D eigenvalue weighted by molar-refractivity contribution is 0.670. The second-order valence-electron chi connectivity index (χ2n) is 3.73. The topological polar surface area (TPSA) is 38.9 Å². The summed E-state index contributed by atoms with van der Waals surface area (Å²) in [5.74, 6) is 0. The van der Waals surface area contributed by atoms with Crippen molar-refractivity contribution in [2.75, 3.05) is 0 Å². The van der Waals surface area contributed by atoms with Crippen LogP contribution in [0.15, 0.2) is 40.4 Å². The summed E-state index contributed by atoms with van der Waals surface area (Å²) in [7, 11) is 0. The maximum atomic E-state index is 6.12. The van der Waals surface area contributed by atoms with E-state index in [-0.39, 0.29) is 6.04 Å². The van der Waals surface area contributed by atoms with Crippen LogP contribution in [0.5, 0.6) is 0 Å². The minimum absolute atomic E-state index is 0.174. The number of hydrogen-bond donors (Lipinski definition) is 1. The Labute approximate surface area is 108 Å². The molecule has 2 N–H and O–H groups in total. The summed E-state index contributed by atoms with van der Waals surface area (Å²) in [5.41, 5.74) is 7.37. The number of halogens is 1. The van der Waals surface area contributed by atoms with Crippen LogP contribution in [-0.2, 0) is 12.8 Å². The second kappa shape index (κ2) is 5.57. The van der Waals surface area contributed by atoms with Crippen LogP contribution in [0.4, 0.5) is 0 Å². The van der Waals surface area contributed by atoms with Gasteiger partial charge in [-0.15, -0.1) is 11.3 Å². The van der Waals surface area contributed by atoms with Crippen LogP contribution < -0.4 is 5.73 Å². The molecule has 0 radical (unpaired) electrons. The van der Waals surface area contributed by atoms with E-state index < -0.39 is 0 Å². The summed E-state index contributed by atoms with van der Waals surface area (Å²) < 4.78 is 1.17. The Bertz CT molecular complexity index is 441. The van der Waals surface area contributed by atoms with Crippen molar-refractivity contribution in [2.24, 2.45) is 5.73 Å². The average molecular weight is 297 g/mol. The van der Waals surface area contributed by atoms with E-state index in [1.165, 1.54) is 14.2 Å². The molecule has 0 amide bonds. The van der Waals surface area contributed by atoms with Crippen LogP contribution in [0.2, 0.25) is 0 Å². The molecule has 0 saturated carbocycles. The molecule has 2 aromatic heterocycles. The number of nitrogens with two attached hydrogens (primary N) is 1. The van der Waals surface area contributed by atoms with Crippen molar-refractivity contribution in [3.63, 3.8) is 0 Å². The lowest BCUT2D eigenvalue weighted by Gasteiger charge is -2.09. The highest BCUT2D eigenvalue weighted by atomic mass is 79.9. The Kier molecular flexibility index (Phi) is 4.09. The van der Waals surface area contributed by atoms with Gasteiger partial charge in [-0.3, -0.25) is 4.98 Å². The Morgan fingerprint density at radius 3 is 2.56 bits per heavy atom. The third kappa shape index (κ3) is 3.40. The summed E-state index contributed by atoms with van der Waals surface area (Å²) in [6.45, 7) is 0. The molecule has 0 fully saturated rings. The van der Waals surface area contributed by atoms with Gasteiger partial charge in [0.15, 0.2) is 0 Å². The molecular weight excluding hydrogens is 284 g/mol. The van der Waals surface area contributed by atoms with Gasteiger partial charge in [-0.2, -0.15) is 0 Å². The molecule has 0 spiro atoms. The van der Waals surface area contributed by atoms with Gasteiger partial charge in [0.1, 0.15) is 0 Å². The highest BCUT2D eigenvalue weighted by Crippen LogP contribution is 2.23. The maximum Gasteiger partial charge on any atom is 0.0701 e. The lowest BCUT2D eigenvalue weighted by atomic mass is 10.0. The van der Waals surface area contributed by atoms with Crippen LogP contribution in [0.25, 0.3) is 0 Å². The van der Waals surface area contributed by atoms with Crippen LogP contribution in [0.1, 0.15) is 10.4 Å². The first-order chi connectivity index (χ1) is 7.74. The van der Waals surface area contributed by atoms with Gasteiger partial charge >= 0.3 is 0 Å². The average Bonchev–Trinajstić information content (AvgIpc) is 2.65. The van der Waals surface area contributed by atoms with E-state index in [4.69, 9.17) is 5.73 Å². The van der Waals surface area contributed by atoms with Gasteiger partial charge in [0.05, 0.1) is 3.79 Å². The fraction of sp³-hybridized carbons (Fsp3) is 0.250. The maximum absolute atomic E-state index is 6.12. The molecule has 0 aliphatic rings. The Morgan fingerprint density at radius 2 is 1.94 bits per heavy atom. The van der Waals surface area contributed by atoms with E-state index in [2.05, 4.69) is 33.0 Å². The predicted molar refractivity (Wildman–Crippen MR) is 71.6 cm³/mol. The van der Waals surface area contributed by atoms with E-state index in [0.717, 1.165) is 12.8 Å². The molecule has 0 bridgehead atoms. The zero-order chi connectivity index (χ0) is 11.4. The summed E-state index contributed by atoms with van der Waals surface area (Å²) in [6.07, 6.45) is 5.45. The summed E-state index contributed by atoms with van der Waals surface area (Å²) in [4.78, 5) is 5.32. The summed E-state index contributed by atoms with van der Waals surface area (Å²) >= 11 is 5.21. The van der Waals surface area contributed by atoms with Crippen molar-refractivity contribution in [1.82, 2.24) is 4.98 Å². The van der Waals surface area contributed by atoms with Gasteiger partial charge in [-0.1, -0.05) is 0 Å². The fourth-order valence-corrected chi connectivity index (χ4v) is 3.19. The number of rotatable bonds is 4. The fourth-order valence-electron chi connectivity index (χ4n) is 1.61. The van der Waals surface area contributed by atoms with Crippen molar-refractivity contribution in [1.29, 1.82) is 0 Å². The summed E-state index contributed by atoms with van der Waals surface area (Å²) in [6, 6.07) is 8.40. The molecule has 0 aromatic carbocycles. The number of aromatic nitrogens is 1. The number of nitrogens with zero attached hydrogens (tertiary/aromatic N) is 1. The molecule has 0 aliphatic heterocycles. The third-order valence-electron chi connectivity index (χ3n) is 2.34. The molecular formula is C12H13BrN2S. The molecule has 84 valence electrons. The molecule has 2 rings (SSSR count). The molecule has 16 heavy (non-hydrogen) atoms. The monoisotopic (exact) mass is 296 g/mol. The number of hydrogen-bond acceptors (Lipinski definition) is 3. The van der Waals surface area contributed by atoms with Gasteiger partial charge in [0.25, 0.3) is 0 Å². The SMILES string of the molecule is NC(Cc1ccncc1)Cc1ccc(Br)s1. The largest absolute Gasteiger partial charge is 0.327 e. The van der Waals surface area contributed by atoms with Gasteiger partial charge in [0.2, 0.25) is 0 Å². The van der Waals surface area contributed by atoms with Crippen LogP contribution in [0.3, 0.4) is 0 Å². The van der Waals surface area contributed by atoms with E-state index in [9.17, 15) is 0 Å². The quantitative estimate of drug-likeness (QED) is 0.942. The first kappa shape index (κ1) is 11.8. The van der Waals surface area contributed by atoms with Crippen LogP contribution in [0, 0.1) is 0 Å². The first-order valence-electron chi connectivity index (χ1n) is 5.13. The van der Waals surface area contributed by atoms with Crippen LogP contribution in [-0.4, -0.2) is 11.0 Å². The molecule has 0 aliphatic carbocycles. The number of pyridine rings is 1. The van der Waals surface area contributed by atoms with Crippen molar-refractivity contribution < 1.29 is 0 Å². The zero-order valence-corrected chi connectivity index (χ0v) is 11.2. The van der Waals surface area contributed by atoms with Gasteiger partial charge in [-0.25, -0.2) is 0 Å². The minimum Gasteiger partial charge on any atom is -0.327 e. The Morgan fingerprint density at radius 1 is 1.19 bits per heavy atom. The molecule has 1 unspecified atom stereocenters. The molecule has 4 heteroatoms. The molecule has 1 atom stereocenters. The van der Waals surface area contributed by atoms with Gasteiger partial charge < -0.3 is 5.73 Å². The molecule has 2 nitrogen and oxygen atoms in total. The zero-order valence-electron chi connectivity index (χ0n) is 8.77. The summed E-state index contributed by atoms with van der Waals surface area (Å²) in [5, 5.41) is 0.